The van der Waals surface area contributed by atoms with Crippen LogP contribution in [0.3, 0.4) is 0 Å². The van der Waals surface area contributed by atoms with Crippen molar-refractivity contribution in [1.82, 2.24) is 5.32 Å². The molecule has 174 valence electrons. The Labute approximate surface area is 204 Å². The average Bonchev–Trinajstić information content (AvgIpc) is 3.18. The Balaban J connectivity index is 1.48. The Kier molecular flexibility index (Phi) is 7.70. The van der Waals surface area contributed by atoms with Crippen LogP contribution in [0.1, 0.15) is 36.1 Å². The number of carbonyl (C=O) groups is 1. The predicted octanol–water partition coefficient (Wildman–Crippen LogP) is 6.43. The van der Waals surface area contributed by atoms with Crippen LogP contribution in [-0.4, -0.2) is 17.7 Å². The van der Waals surface area contributed by atoms with Gasteiger partial charge in [0.25, 0.3) is 5.91 Å². The minimum absolute atomic E-state index is 0.161. The number of ether oxygens (including phenoxy) is 2. The van der Waals surface area contributed by atoms with Crippen molar-refractivity contribution in [2.45, 2.75) is 33.8 Å². The van der Waals surface area contributed by atoms with Gasteiger partial charge in [-0.25, -0.2) is 4.99 Å². The number of aryl methyl sites for hydroxylation is 2. The van der Waals surface area contributed by atoms with E-state index in [1.54, 1.807) is 0 Å². The van der Waals surface area contributed by atoms with Gasteiger partial charge in [-0.15, -0.1) is 0 Å². The van der Waals surface area contributed by atoms with Crippen LogP contribution >= 0.6 is 11.8 Å². The van der Waals surface area contributed by atoms with Crippen molar-refractivity contribution in [2.75, 3.05) is 6.61 Å². The minimum atomic E-state index is -0.161. The van der Waals surface area contributed by atoms with Crippen molar-refractivity contribution in [2.24, 2.45) is 4.99 Å². The SMILES string of the molecule is CCOc1cc(/C=C2\SC(=Nc3ccc(CC)cc3)NC2=O)ccc1OCc1ccc(C)cc1. The molecule has 1 saturated heterocycles. The lowest BCUT2D eigenvalue weighted by atomic mass is 10.1. The monoisotopic (exact) mass is 472 g/mol. The van der Waals surface area contributed by atoms with Crippen LogP contribution in [0.4, 0.5) is 5.69 Å². The molecule has 0 unspecified atom stereocenters. The summed E-state index contributed by atoms with van der Waals surface area (Å²) in [4.78, 5) is 17.6. The second-order valence-electron chi connectivity index (χ2n) is 7.92. The first-order chi connectivity index (χ1) is 16.5. The summed E-state index contributed by atoms with van der Waals surface area (Å²) in [7, 11) is 0. The summed E-state index contributed by atoms with van der Waals surface area (Å²) in [6, 6.07) is 22.0. The standard InChI is InChI=1S/C28H28N2O3S/c1-4-20-10-13-23(14-11-20)29-28-30-27(31)26(34-28)17-22-12-15-24(25(16-22)32-5-2)33-18-21-8-6-19(3)7-9-21/h6-17H,4-5,18H2,1-3H3,(H,29,30,31)/b26-17-. The highest BCUT2D eigenvalue weighted by Crippen LogP contribution is 2.33. The first-order valence-electron chi connectivity index (χ1n) is 11.4. The molecule has 0 aromatic heterocycles. The van der Waals surface area contributed by atoms with Crippen molar-refractivity contribution >= 4 is 34.6 Å². The van der Waals surface area contributed by atoms with Gasteiger partial charge in [0.2, 0.25) is 0 Å². The van der Waals surface area contributed by atoms with Crippen LogP contribution in [-0.2, 0) is 17.8 Å². The summed E-state index contributed by atoms with van der Waals surface area (Å²) in [6.07, 6.45) is 2.82. The van der Waals surface area contributed by atoms with Gasteiger partial charge in [0.05, 0.1) is 17.2 Å². The Bertz CT molecular complexity index is 1220. The fraction of sp³-hybridized carbons (Fsp3) is 0.214. The van der Waals surface area contributed by atoms with E-state index in [0.29, 0.717) is 34.8 Å². The summed E-state index contributed by atoms with van der Waals surface area (Å²) in [6.45, 7) is 7.09. The summed E-state index contributed by atoms with van der Waals surface area (Å²) >= 11 is 1.33. The van der Waals surface area contributed by atoms with Crippen LogP contribution in [0.15, 0.2) is 76.6 Å². The van der Waals surface area contributed by atoms with E-state index in [1.807, 2.05) is 43.3 Å². The zero-order valence-corrected chi connectivity index (χ0v) is 20.4. The maximum atomic E-state index is 12.5. The van der Waals surface area contributed by atoms with Gasteiger partial charge in [-0.3, -0.25) is 4.79 Å². The Morgan fingerprint density at radius 3 is 2.35 bits per heavy atom. The molecule has 1 N–H and O–H groups in total. The number of hydrogen-bond acceptors (Lipinski definition) is 5. The molecule has 1 fully saturated rings. The van der Waals surface area contributed by atoms with Crippen molar-refractivity contribution in [3.05, 3.63) is 93.9 Å². The van der Waals surface area contributed by atoms with E-state index in [1.165, 1.54) is 22.9 Å². The lowest BCUT2D eigenvalue weighted by molar-refractivity contribution is -0.115. The van der Waals surface area contributed by atoms with E-state index in [2.05, 4.69) is 60.6 Å². The number of thioether (sulfide) groups is 1. The molecule has 0 atom stereocenters. The summed E-state index contributed by atoms with van der Waals surface area (Å²) in [5, 5.41) is 3.42. The number of amides is 1. The Morgan fingerprint density at radius 2 is 1.65 bits per heavy atom. The van der Waals surface area contributed by atoms with E-state index in [-0.39, 0.29) is 5.91 Å². The zero-order valence-electron chi connectivity index (χ0n) is 19.6. The lowest BCUT2D eigenvalue weighted by Gasteiger charge is -2.13. The second-order valence-corrected chi connectivity index (χ2v) is 8.95. The van der Waals surface area contributed by atoms with Gasteiger partial charge in [0, 0.05) is 0 Å². The highest BCUT2D eigenvalue weighted by atomic mass is 32.2. The van der Waals surface area contributed by atoms with E-state index in [9.17, 15) is 4.79 Å². The maximum Gasteiger partial charge on any atom is 0.264 e. The maximum absolute atomic E-state index is 12.5. The number of amidine groups is 1. The third-order valence-corrected chi connectivity index (χ3v) is 6.22. The number of aliphatic imine (C=N–C) groups is 1. The number of hydrogen-bond donors (Lipinski definition) is 1. The van der Waals surface area contributed by atoms with E-state index < -0.39 is 0 Å². The molecule has 0 radical (unpaired) electrons. The van der Waals surface area contributed by atoms with Crippen molar-refractivity contribution < 1.29 is 14.3 Å². The molecule has 0 aliphatic carbocycles. The van der Waals surface area contributed by atoms with Crippen molar-refractivity contribution in [3.63, 3.8) is 0 Å². The van der Waals surface area contributed by atoms with Crippen LogP contribution < -0.4 is 14.8 Å². The zero-order chi connectivity index (χ0) is 23.9. The fourth-order valence-electron chi connectivity index (χ4n) is 3.40. The van der Waals surface area contributed by atoms with Crippen LogP contribution in [0.5, 0.6) is 11.5 Å². The minimum Gasteiger partial charge on any atom is -0.490 e. The van der Waals surface area contributed by atoms with Gasteiger partial charge < -0.3 is 14.8 Å². The van der Waals surface area contributed by atoms with Gasteiger partial charge in [-0.1, -0.05) is 55.0 Å². The van der Waals surface area contributed by atoms with Gasteiger partial charge >= 0.3 is 0 Å². The topological polar surface area (TPSA) is 59.9 Å². The molecule has 4 rings (SSSR count). The Hall–Kier alpha value is -3.51. The molecule has 1 aliphatic heterocycles. The first kappa shape index (κ1) is 23.6. The van der Waals surface area contributed by atoms with Crippen molar-refractivity contribution in [1.29, 1.82) is 0 Å². The van der Waals surface area contributed by atoms with E-state index >= 15 is 0 Å². The molecule has 6 heteroatoms. The molecular formula is C28H28N2O3S. The molecule has 3 aromatic carbocycles. The predicted molar refractivity (Wildman–Crippen MR) is 140 cm³/mol. The number of nitrogens with one attached hydrogen (secondary N) is 1. The third kappa shape index (κ3) is 6.08. The molecular weight excluding hydrogens is 444 g/mol. The highest BCUT2D eigenvalue weighted by Gasteiger charge is 2.24. The molecule has 34 heavy (non-hydrogen) atoms. The van der Waals surface area contributed by atoms with Crippen LogP contribution in [0.25, 0.3) is 6.08 Å². The summed E-state index contributed by atoms with van der Waals surface area (Å²) in [5.74, 6) is 1.16. The molecule has 0 bridgehead atoms. The lowest BCUT2D eigenvalue weighted by Crippen LogP contribution is -2.19. The third-order valence-electron chi connectivity index (χ3n) is 5.31. The smallest absolute Gasteiger partial charge is 0.264 e. The number of carbonyl (C=O) groups excluding carboxylic acids is 1. The van der Waals surface area contributed by atoms with Crippen LogP contribution in [0.2, 0.25) is 0 Å². The van der Waals surface area contributed by atoms with Gasteiger partial charge in [-0.05, 0) is 79.1 Å². The molecule has 1 amide bonds. The summed E-state index contributed by atoms with van der Waals surface area (Å²) in [5.41, 5.74) is 5.23. The number of nitrogens with zero attached hydrogens (tertiary/aromatic N) is 1. The largest absolute Gasteiger partial charge is 0.490 e. The highest BCUT2D eigenvalue weighted by molar-refractivity contribution is 8.18. The summed E-state index contributed by atoms with van der Waals surface area (Å²) < 4.78 is 11.8. The average molecular weight is 473 g/mol. The molecule has 1 aliphatic rings. The molecule has 1 heterocycles. The van der Waals surface area contributed by atoms with Crippen LogP contribution in [0, 0.1) is 6.92 Å². The normalized spacial score (nSPS) is 15.6. The molecule has 0 spiro atoms. The fourth-order valence-corrected chi connectivity index (χ4v) is 4.24. The molecule has 5 nitrogen and oxygen atoms in total. The molecule has 3 aromatic rings. The Morgan fingerprint density at radius 1 is 0.912 bits per heavy atom. The van der Waals surface area contributed by atoms with E-state index in [0.717, 1.165) is 23.2 Å². The van der Waals surface area contributed by atoms with Gasteiger partial charge in [0.15, 0.2) is 16.7 Å². The quantitative estimate of drug-likeness (QED) is 0.384. The van der Waals surface area contributed by atoms with E-state index in [4.69, 9.17) is 9.47 Å². The second kappa shape index (κ2) is 11.1. The van der Waals surface area contributed by atoms with Gasteiger partial charge in [-0.2, -0.15) is 0 Å². The number of benzene rings is 3. The van der Waals surface area contributed by atoms with Gasteiger partial charge in [0.1, 0.15) is 6.61 Å². The van der Waals surface area contributed by atoms with Crippen molar-refractivity contribution in [3.8, 4) is 11.5 Å². The number of rotatable bonds is 8. The molecule has 0 saturated carbocycles. The first-order valence-corrected chi connectivity index (χ1v) is 12.2.